The molecule has 7 nitrogen and oxygen atoms in total. The first-order valence-corrected chi connectivity index (χ1v) is 10.1. The highest BCUT2D eigenvalue weighted by Crippen LogP contribution is 2.38. The first-order valence-electron chi connectivity index (χ1n) is 9.67. The van der Waals surface area contributed by atoms with Crippen molar-refractivity contribution in [2.45, 2.75) is 6.61 Å². The number of hydrogen-bond acceptors (Lipinski definition) is 7. The lowest BCUT2D eigenvalue weighted by Gasteiger charge is -2.13. The SMILES string of the molecule is COc1ccc(Oc2cnc(N)nc2-c2ccc(OCc3ccccc3Cl)cc2O)cc1. The quantitative estimate of drug-likeness (QED) is 0.386. The number of aromatic hydroxyl groups is 1. The number of ether oxygens (including phenoxy) is 3. The average Bonchev–Trinajstić information content (AvgIpc) is 2.80. The molecule has 32 heavy (non-hydrogen) atoms. The molecule has 0 atom stereocenters. The first-order chi connectivity index (χ1) is 15.5. The summed E-state index contributed by atoms with van der Waals surface area (Å²) in [5.74, 6) is 2.09. The molecule has 1 heterocycles. The van der Waals surface area contributed by atoms with Crippen molar-refractivity contribution in [3.8, 4) is 40.0 Å². The fourth-order valence-corrected chi connectivity index (χ4v) is 3.19. The van der Waals surface area contributed by atoms with Crippen LogP contribution in [-0.4, -0.2) is 22.2 Å². The van der Waals surface area contributed by atoms with E-state index >= 15 is 0 Å². The molecule has 0 radical (unpaired) electrons. The Hall–Kier alpha value is -3.97. The second-order valence-electron chi connectivity index (χ2n) is 6.78. The number of phenolic OH excluding ortho intramolecular Hbond substituents is 1. The number of anilines is 1. The molecule has 0 aliphatic heterocycles. The lowest BCUT2D eigenvalue weighted by Crippen LogP contribution is -2.00. The van der Waals surface area contributed by atoms with E-state index in [1.165, 1.54) is 12.3 Å². The molecule has 3 N–H and O–H groups in total. The lowest BCUT2D eigenvalue weighted by atomic mass is 10.1. The Morgan fingerprint density at radius 3 is 2.41 bits per heavy atom. The first kappa shape index (κ1) is 21.3. The molecular formula is C24H20ClN3O4. The minimum absolute atomic E-state index is 0.0423. The zero-order chi connectivity index (χ0) is 22.5. The standard InChI is InChI=1S/C24H20ClN3O4/c1-30-16-6-8-17(9-7-16)32-22-13-27-24(26)28-23(22)19-11-10-18(12-21(19)29)31-14-15-4-2-3-5-20(15)25/h2-13,29H,14H2,1H3,(H2,26,27,28). The maximum Gasteiger partial charge on any atom is 0.220 e. The van der Waals surface area contributed by atoms with Gasteiger partial charge in [0, 0.05) is 22.2 Å². The molecule has 0 spiro atoms. The fourth-order valence-electron chi connectivity index (χ4n) is 3.00. The van der Waals surface area contributed by atoms with Crippen molar-refractivity contribution in [2.75, 3.05) is 12.8 Å². The van der Waals surface area contributed by atoms with Crippen molar-refractivity contribution < 1.29 is 19.3 Å². The summed E-state index contributed by atoms with van der Waals surface area (Å²) < 4.78 is 16.9. The van der Waals surface area contributed by atoms with Gasteiger partial charge in [0.05, 0.1) is 13.3 Å². The minimum atomic E-state index is -0.0423. The Kier molecular flexibility index (Phi) is 6.28. The Bertz CT molecular complexity index is 1230. The monoisotopic (exact) mass is 449 g/mol. The molecular weight excluding hydrogens is 430 g/mol. The number of nitrogens with zero attached hydrogens (tertiary/aromatic N) is 2. The van der Waals surface area contributed by atoms with E-state index in [0.717, 1.165) is 5.56 Å². The third kappa shape index (κ3) is 4.84. The van der Waals surface area contributed by atoms with E-state index in [2.05, 4.69) is 9.97 Å². The summed E-state index contributed by atoms with van der Waals surface area (Å²) in [6.07, 6.45) is 1.46. The van der Waals surface area contributed by atoms with Crippen LogP contribution >= 0.6 is 11.6 Å². The van der Waals surface area contributed by atoms with Gasteiger partial charge in [0.25, 0.3) is 0 Å². The third-order valence-electron chi connectivity index (χ3n) is 4.64. The van der Waals surface area contributed by atoms with Crippen LogP contribution in [0.4, 0.5) is 5.95 Å². The van der Waals surface area contributed by atoms with Gasteiger partial charge in [0.15, 0.2) is 5.75 Å². The number of nitrogen functional groups attached to an aromatic ring is 1. The van der Waals surface area contributed by atoms with Crippen molar-refractivity contribution in [2.24, 2.45) is 0 Å². The normalized spacial score (nSPS) is 10.6. The predicted octanol–water partition coefficient (Wildman–Crippen LogP) is 5.46. The molecule has 0 fully saturated rings. The molecule has 0 saturated carbocycles. The van der Waals surface area contributed by atoms with Gasteiger partial charge in [0.1, 0.15) is 35.3 Å². The van der Waals surface area contributed by atoms with Gasteiger partial charge in [-0.15, -0.1) is 0 Å². The number of nitrogens with two attached hydrogens (primary N) is 1. The van der Waals surface area contributed by atoms with Crippen LogP contribution in [-0.2, 0) is 6.61 Å². The highest BCUT2D eigenvalue weighted by molar-refractivity contribution is 6.31. The number of methoxy groups -OCH3 is 1. The number of halogens is 1. The maximum atomic E-state index is 10.7. The van der Waals surface area contributed by atoms with Crippen LogP contribution in [0.2, 0.25) is 5.02 Å². The summed E-state index contributed by atoms with van der Waals surface area (Å²) in [5, 5.41) is 11.3. The van der Waals surface area contributed by atoms with Crippen LogP contribution in [0.5, 0.6) is 28.7 Å². The number of aromatic nitrogens is 2. The number of phenols is 1. The molecule has 0 unspecified atom stereocenters. The summed E-state index contributed by atoms with van der Waals surface area (Å²) in [6.45, 7) is 0.269. The van der Waals surface area contributed by atoms with Gasteiger partial charge in [-0.05, 0) is 42.5 Å². The molecule has 0 aliphatic rings. The zero-order valence-corrected chi connectivity index (χ0v) is 17.9. The molecule has 8 heteroatoms. The van der Waals surface area contributed by atoms with E-state index in [1.807, 2.05) is 18.2 Å². The van der Waals surface area contributed by atoms with Gasteiger partial charge in [-0.25, -0.2) is 9.97 Å². The molecule has 3 aromatic carbocycles. The molecule has 0 saturated heterocycles. The summed E-state index contributed by atoms with van der Waals surface area (Å²) in [4.78, 5) is 8.28. The van der Waals surface area contributed by atoms with Gasteiger partial charge in [-0.1, -0.05) is 29.8 Å². The Morgan fingerprint density at radius 1 is 0.969 bits per heavy atom. The van der Waals surface area contributed by atoms with Crippen LogP contribution in [0.15, 0.2) is 72.9 Å². The second kappa shape index (κ2) is 9.45. The van der Waals surface area contributed by atoms with Crippen molar-refractivity contribution in [1.82, 2.24) is 9.97 Å². The predicted molar refractivity (Wildman–Crippen MR) is 122 cm³/mol. The molecule has 0 aliphatic carbocycles. The van der Waals surface area contributed by atoms with E-state index in [0.29, 0.717) is 39.3 Å². The Labute approximate surface area is 190 Å². The molecule has 4 rings (SSSR count). The highest BCUT2D eigenvalue weighted by Gasteiger charge is 2.16. The van der Waals surface area contributed by atoms with Crippen molar-refractivity contribution in [3.05, 3.63) is 83.5 Å². The van der Waals surface area contributed by atoms with Crippen LogP contribution in [0.3, 0.4) is 0 Å². The third-order valence-corrected chi connectivity index (χ3v) is 5.01. The van der Waals surface area contributed by atoms with Gasteiger partial charge in [-0.2, -0.15) is 0 Å². The number of hydrogen-bond donors (Lipinski definition) is 2. The van der Waals surface area contributed by atoms with Gasteiger partial charge >= 0.3 is 0 Å². The fraction of sp³-hybridized carbons (Fsp3) is 0.0833. The van der Waals surface area contributed by atoms with E-state index < -0.39 is 0 Å². The molecule has 1 aromatic heterocycles. The summed E-state index contributed by atoms with van der Waals surface area (Å²) in [6, 6.07) is 19.4. The molecule has 0 amide bonds. The summed E-state index contributed by atoms with van der Waals surface area (Å²) >= 11 is 6.17. The van der Waals surface area contributed by atoms with E-state index in [1.54, 1.807) is 49.6 Å². The van der Waals surface area contributed by atoms with Crippen LogP contribution in [0.25, 0.3) is 11.3 Å². The van der Waals surface area contributed by atoms with Gasteiger partial charge in [-0.3, -0.25) is 0 Å². The van der Waals surface area contributed by atoms with Crippen molar-refractivity contribution in [3.63, 3.8) is 0 Å². The van der Waals surface area contributed by atoms with Gasteiger partial charge in [0.2, 0.25) is 5.95 Å². The Balaban J connectivity index is 1.58. The second-order valence-corrected chi connectivity index (χ2v) is 7.18. The molecule has 0 bridgehead atoms. The number of benzene rings is 3. The number of rotatable bonds is 7. The van der Waals surface area contributed by atoms with Gasteiger partial charge < -0.3 is 25.1 Å². The topological polar surface area (TPSA) is 99.7 Å². The van der Waals surface area contributed by atoms with Crippen LogP contribution in [0.1, 0.15) is 5.56 Å². The minimum Gasteiger partial charge on any atom is -0.507 e. The Morgan fingerprint density at radius 2 is 1.69 bits per heavy atom. The zero-order valence-electron chi connectivity index (χ0n) is 17.2. The summed E-state index contributed by atoms with van der Waals surface area (Å²) in [7, 11) is 1.59. The highest BCUT2D eigenvalue weighted by atomic mass is 35.5. The molecule has 162 valence electrons. The van der Waals surface area contributed by atoms with E-state index in [9.17, 15) is 5.11 Å². The van der Waals surface area contributed by atoms with Crippen LogP contribution < -0.4 is 19.9 Å². The smallest absolute Gasteiger partial charge is 0.220 e. The van der Waals surface area contributed by atoms with E-state index in [-0.39, 0.29) is 18.3 Å². The lowest BCUT2D eigenvalue weighted by molar-refractivity contribution is 0.304. The largest absolute Gasteiger partial charge is 0.507 e. The maximum absolute atomic E-state index is 10.7. The summed E-state index contributed by atoms with van der Waals surface area (Å²) in [5.41, 5.74) is 7.41. The average molecular weight is 450 g/mol. The van der Waals surface area contributed by atoms with E-state index in [4.69, 9.17) is 31.5 Å². The molecule has 4 aromatic rings. The van der Waals surface area contributed by atoms with Crippen LogP contribution in [0, 0.1) is 0 Å². The van der Waals surface area contributed by atoms with Crippen molar-refractivity contribution in [1.29, 1.82) is 0 Å². The van der Waals surface area contributed by atoms with Crippen molar-refractivity contribution >= 4 is 17.5 Å².